The largest absolute Gasteiger partial charge is 0.349 e. The van der Waals surface area contributed by atoms with E-state index in [9.17, 15) is 9.59 Å². The number of aldehydes is 1. The topological polar surface area (TPSA) is 40.6 Å². The molecule has 0 fully saturated rings. The fraction of sp³-hybridized carbons (Fsp3) is 0.0556. The Morgan fingerprint density at radius 1 is 0.550 bits per heavy atom. The monoisotopic (exact) mass is 520 g/mol. The number of benzene rings is 4. The second-order valence-corrected chi connectivity index (χ2v) is 9.83. The van der Waals surface area contributed by atoms with Gasteiger partial charge in [-0.25, -0.2) is 0 Å². The van der Waals surface area contributed by atoms with Crippen molar-refractivity contribution in [1.82, 2.24) is 9.80 Å². The number of carbonyl (C=O) groups is 2. The summed E-state index contributed by atoms with van der Waals surface area (Å²) < 4.78 is 0. The molecule has 4 aromatic carbocycles. The molecule has 0 spiro atoms. The predicted molar refractivity (Wildman–Crippen MR) is 161 cm³/mol. The fourth-order valence-corrected chi connectivity index (χ4v) is 5.77. The van der Waals surface area contributed by atoms with Gasteiger partial charge < -0.3 is 9.80 Å². The van der Waals surface area contributed by atoms with Crippen LogP contribution in [0.25, 0.3) is 22.5 Å². The van der Waals surface area contributed by atoms with Gasteiger partial charge in [0.05, 0.1) is 11.4 Å². The summed E-state index contributed by atoms with van der Waals surface area (Å²) in [6, 6.07) is 40.5. The van der Waals surface area contributed by atoms with Crippen LogP contribution in [0.5, 0.6) is 0 Å². The first-order chi connectivity index (χ1) is 19.6. The van der Waals surface area contributed by atoms with Gasteiger partial charge in [0.25, 0.3) is 0 Å². The summed E-state index contributed by atoms with van der Waals surface area (Å²) in [5.74, 6) is -0.561. The molecule has 194 valence electrons. The van der Waals surface area contributed by atoms with Crippen molar-refractivity contribution in [3.05, 3.63) is 167 Å². The molecule has 2 aliphatic heterocycles. The minimum Gasteiger partial charge on any atom is -0.349 e. The molecule has 4 aromatic rings. The quantitative estimate of drug-likeness (QED) is 0.204. The molecule has 0 amide bonds. The number of allylic oxidation sites excluding steroid dienone is 5. The molecular weight excluding hydrogens is 492 g/mol. The molecule has 4 heteroatoms. The van der Waals surface area contributed by atoms with Crippen molar-refractivity contribution in [3.8, 4) is 0 Å². The van der Waals surface area contributed by atoms with Gasteiger partial charge in [0.2, 0.25) is 5.78 Å². The third-order valence-electron chi connectivity index (χ3n) is 7.41. The molecule has 0 radical (unpaired) electrons. The van der Waals surface area contributed by atoms with E-state index in [4.69, 9.17) is 0 Å². The SMILES string of the molecule is CN1C=C2C(=C(C(=O)C=O)N(C)C(c3ccccc3)=C2c2ccccc2)C(c2ccccc2)=C1c1ccccc1. The van der Waals surface area contributed by atoms with Gasteiger partial charge in [0.1, 0.15) is 5.70 Å². The highest BCUT2D eigenvalue weighted by molar-refractivity contribution is 6.35. The molecule has 0 bridgehead atoms. The Kier molecular flexibility index (Phi) is 6.59. The summed E-state index contributed by atoms with van der Waals surface area (Å²) in [4.78, 5) is 29.8. The molecule has 0 unspecified atom stereocenters. The second-order valence-electron chi connectivity index (χ2n) is 9.83. The van der Waals surface area contributed by atoms with Crippen LogP contribution in [0.4, 0.5) is 0 Å². The minimum atomic E-state index is -0.561. The van der Waals surface area contributed by atoms with E-state index in [1.54, 1.807) is 0 Å². The van der Waals surface area contributed by atoms with Gasteiger partial charge in [0.15, 0.2) is 6.29 Å². The number of Topliss-reactive ketones (excluding diaryl/α,β-unsaturated/α-hetero) is 1. The summed E-state index contributed by atoms with van der Waals surface area (Å²) in [5, 5.41) is 0. The molecule has 0 aliphatic carbocycles. The number of hydrogen-bond donors (Lipinski definition) is 0. The summed E-state index contributed by atoms with van der Waals surface area (Å²) in [7, 11) is 3.92. The van der Waals surface area contributed by atoms with Crippen LogP contribution in [0, 0.1) is 0 Å². The Bertz CT molecular complexity index is 1680. The molecule has 6 rings (SSSR count). The molecule has 40 heavy (non-hydrogen) atoms. The third-order valence-corrected chi connectivity index (χ3v) is 7.41. The Morgan fingerprint density at radius 3 is 1.45 bits per heavy atom. The Balaban J connectivity index is 1.76. The van der Waals surface area contributed by atoms with E-state index in [0.717, 1.165) is 55.9 Å². The van der Waals surface area contributed by atoms with Crippen LogP contribution in [0.15, 0.2) is 144 Å². The molecule has 2 aliphatic rings. The summed E-state index contributed by atoms with van der Waals surface area (Å²) in [5.41, 5.74) is 9.72. The summed E-state index contributed by atoms with van der Waals surface area (Å²) in [6.07, 6.45) is 2.52. The van der Waals surface area contributed by atoms with Crippen molar-refractivity contribution in [3.63, 3.8) is 0 Å². The molecule has 0 saturated carbocycles. The minimum absolute atomic E-state index is 0.361. The highest BCUT2D eigenvalue weighted by atomic mass is 16.2. The summed E-state index contributed by atoms with van der Waals surface area (Å²) >= 11 is 0. The molecule has 0 saturated heterocycles. The van der Waals surface area contributed by atoms with E-state index in [0.29, 0.717) is 12.0 Å². The van der Waals surface area contributed by atoms with Gasteiger partial charge in [-0.15, -0.1) is 0 Å². The highest BCUT2D eigenvalue weighted by Gasteiger charge is 2.39. The lowest BCUT2D eigenvalue weighted by atomic mass is 9.76. The lowest BCUT2D eigenvalue weighted by molar-refractivity contribution is -0.128. The van der Waals surface area contributed by atoms with Crippen LogP contribution in [0.2, 0.25) is 0 Å². The number of nitrogens with zero attached hydrogens (tertiary/aromatic N) is 2. The standard InChI is InChI=1S/C36H28N2O2/c1-37-23-29-31(25-15-7-3-8-16-25)35(28-21-13-6-14-22-28)38(2)36(30(40)24-39)33(29)32(26-17-9-4-10-18-26)34(37)27-19-11-5-12-20-27/h3-24H,1-2H3. The number of hydrogen-bond acceptors (Lipinski definition) is 4. The van der Waals surface area contributed by atoms with Crippen molar-refractivity contribution >= 4 is 34.6 Å². The molecule has 2 heterocycles. The number of fused-ring (bicyclic) bond motifs is 1. The Hall–Kier alpha value is -5.22. The second kappa shape index (κ2) is 10.5. The maximum absolute atomic E-state index is 13.6. The number of rotatable bonds is 6. The van der Waals surface area contributed by atoms with Crippen LogP contribution in [0.1, 0.15) is 22.3 Å². The van der Waals surface area contributed by atoms with Crippen molar-refractivity contribution < 1.29 is 9.59 Å². The Labute approximate surface area is 234 Å². The van der Waals surface area contributed by atoms with E-state index >= 15 is 0 Å². The first kappa shape index (κ1) is 25.1. The maximum atomic E-state index is 13.6. The average molecular weight is 521 g/mol. The molecule has 0 atom stereocenters. The summed E-state index contributed by atoms with van der Waals surface area (Å²) in [6.45, 7) is 0. The first-order valence-corrected chi connectivity index (χ1v) is 13.2. The van der Waals surface area contributed by atoms with Crippen molar-refractivity contribution in [2.45, 2.75) is 0 Å². The molecule has 0 N–H and O–H groups in total. The highest BCUT2D eigenvalue weighted by Crippen LogP contribution is 2.52. The van der Waals surface area contributed by atoms with Gasteiger partial charge in [-0.1, -0.05) is 121 Å². The smallest absolute Gasteiger partial charge is 0.242 e. The van der Waals surface area contributed by atoms with Crippen LogP contribution in [-0.4, -0.2) is 36.0 Å². The zero-order valence-electron chi connectivity index (χ0n) is 22.4. The van der Waals surface area contributed by atoms with Gasteiger partial charge >= 0.3 is 0 Å². The normalized spacial score (nSPS) is 15.2. The van der Waals surface area contributed by atoms with E-state index in [-0.39, 0.29) is 0 Å². The van der Waals surface area contributed by atoms with Gasteiger partial charge in [-0.05, 0) is 22.3 Å². The van der Waals surface area contributed by atoms with Gasteiger partial charge in [0, 0.05) is 42.6 Å². The number of carbonyl (C=O) groups excluding carboxylic acids is 2. The lowest BCUT2D eigenvalue weighted by Crippen LogP contribution is -2.33. The van der Waals surface area contributed by atoms with E-state index in [2.05, 4.69) is 47.5 Å². The van der Waals surface area contributed by atoms with Crippen molar-refractivity contribution in [1.29, 1.82) is 0 Å². The molecule has 0 aromatic heterocycles. The van der Waals surface area contributed by atoms with Crippen LogP contribution < -0.4 is 0 Å². The number of ketones is 1. The maximum Gasteiger partial charge on any atom is 0.242 e. The van der Waals surface area contributed by atoms with Crippen LogP contribution >= 0.6 is 0 Å². The zero-order valence-corrected chi connectivity index (χ0v) is 22.4. The fourth-order valence-electron chi connectivity index (χ4n) is 5.77. The van der Waals surface area contributed by atoms with Gasteiger partial charge in [-0.2, -0.15) is 0 Å². The van der Waals surface area contributed by atoms with Gasteiger partial charge in [-0.3, -0.25) is 9.59 Å². The van der Waals surface area contributed by atoms with E-state index in [1.165, 1.54) is 0 Å². The third kappa shape index (κ3) is 4.20. The molecular formula is C36H28N2O2. The predicted octanol–water partition coefficient (Wildman–Crippen LogP) is 6.92. The van der Waals surface area contributed by atoms with E-state index in [1.807, 2.05) is 104 Å². The Morgan fingerprint density at radius 2 is 0.975 bits per heavy atom. The van der Waals surface area contributed by atoms with Crippen molar-refractivity contribution in [2.24, 2.45) is 0 Å². The zero-order chi connectivity index (χ0) is 27.6. The van der Waals surface area contributed by atoms with Crippen LogP contribution in [0.3, 0.4) is 0 Å². The molecule has 4 nitrogen and oxygen atoms in total. The number of likely N-dealkylation sites (N-methyl/N-ethyl adjacent to an activating group) is 1. The van der Waals surface area contributed by atoms with Crippen LogP contribution in [-0.2, 0) is 9.59 Å². The first-order valence-electron chi connectivity index (χ1n) is 13.2. The average Bonchev–Trinajstić information content (AvgIpc) is 3.01. The van der Waals surface area contributed by atoms with E-state index < -0.39 is 5.78 Å². The van der Waals surface area contributed by atoms with Crippen molar-refractivity contribution in [2.75, 3.05) is 14.1 Å². The lowest BCUT2D eigenvalue weighted by Gasteiger charge is -2.40.